The number of morpholine rings is 1. The van der Waals surface area contributed by atoms with Crippen LogP contribution in [-0.4, -0.2) is 68.9 Å². The minimum absolute atomic E-state index is 0.0719. The summed E-state index contributed by atoms with van der Waals surface area (Å²) in [5.41, 5.74) is 0.722. The van der Waals surface area contributed by atoms with Crippen LogP contribution in [0.3, 0.4) is 0 Å². The Kier molecular flexibility index (Phi) is 5.09. The summed E-state index contributed by atoms with van der Waals surface area (Å²) < 4.78 is 28.2. The third-order valence-corrected chi connectivity index (χ3v) is 7.06. The third kappa shape index (κ3) is 3.71. The molecule has 0 aromatic carbocycles. The zero-order valence-electron chi connectivity index (χ0n) is 13.6. The van der Waals surface area contributed by atoms with Crippen molar-refractivity contribution in [2.75, 3.05) is 44.3 Å². The van der Waals surface area contributed by atoms with Gasteiger partial charge in [-0.25, -0.2) is 18.5 Å². The highest BCUT2D eigenvalue weighted by molar-refractivity contribution is 7.89. The summed E-state index contributed by atoms with van der Waals surface area (Å²) in [6, 6.07) is 0. The Morgan fingerprint density at radius 3 is 2.46 bits per heavy atom. The molecule has 2 N–H and O–H groups in total. The van der Waals surface area contributed by atoms with Gasteiger partial charge in [-0.1, -0.05) is 11.3 Å². The van der Waals surface area contributed by atoms with E-state index in [1.807, 2.05) is 6.92 Å². The van der Waals surface area contributed by atoms with E-state index in [0.717, 1.165) is 23.9 Å². The van der Waals surface area contributed by atoms with Crippen molar-refractivity contribution in [3.05, 3.63) is 10.6 Å². The topological polar surface area (TPSA) is 106 Å². The van der Waals surface area contributed by atoms with E-state index in [1.54, 1.807) is 4.90 Å². The molecule has 0 spiro atoms. The van der Waals surface area contributed by atoms with E-state index in [0.29, 0.717) is 44.0 Å². The highest BCUT2D eigenvalue weighted by Crippen LogP contribution is 2.29. The van der Waals surface area contributed by atoms with Gasteiger partial charge >= 0.3 is 0 Å². The Balaban J connectivity index is 1.68. The number of primary sulfonamides is 1. The molecule has 0 saturated carbocycles. The summed E-state index contributed by atoms with van der Waals surface area (Å²) in [6.45, 7) is 5.55. The van der Waals surface area contributed by atoms with Crippen molar-refractivity contribution >= 4 is 32.4 Å². The smallest absolute Gasteiger partial charge is 0.265 e. The van der Waals surface area contributed by atoms with Crippen molar-refractivity contribution in [1.82, 2.24) is 9.88 Å². The van der Waals surface area contributed by atoms with Crippen LogP contribution in [0.2, 0.25) is 0 Å². The van der Waals surface area contributed by atoms with E-state index in [4.69, 9.17) is 9.88 Å². The number of piperidine rings is 1. The largest absolute Gasteiger partial charge is 0.378 e. The zero-order chi connectivity index (χ0) is 17.3. The highest BCUT2D eigenvalue weighted by atomic mass is 32.2. The number of amides is 1. The Hall–Kier alpha value is -1.23. The molecule has 1 aromatic heterocycles. The predicted octanol–water partition coefficient (Wildman–Crippen LogP) is 0.181. The number of nitrogens with two attached hydrogens (primary N) is 1. The molecule has 134 valence electrons. The number of hydrogen-bond donors (Lipinski definition) is 1. The zero-order valence-corrected chi connectivity index (χ0v) is 15.2. The number of sulfonamides is 1. The van der Waals surface area contributed by atoms with Crippen LogP contribution in [0.25, 0.3) is 0 Å². The maximum absolute atomic E-state index is 12.7. The molecule has 0 unspecified atom stereocenters. The van der Waals surface area contributed by atoms with Crippen LogP contribution in [0, 0.1) is 6.92 Å². The van der Waals surface area contributed by atoms with Crippen LogP contribution >= 0.6 is 11.3 Å². The average Bonchev–Trinajstić information content (AvgIpc) is 2.96. The first-order valence-electron chi connectivity index (χ1n) is 7.97. The lowest BCUT2D eigenvalue weighted by Crippen LogP contribution is -2.44. The van der Waals surface area contributed by atoms with Crippen LogP contribution in [0.1, 0.15) is 28.2 Å². The number of ether oxygens (including phenoxy) is 1. The van der Waals surface area contributed by atoms with Gasteiger partial charge < -0.3 is 14.5 Å². The number of carbonyl (C=O) groups excluding carboxylic acids is 1. The van der Waals surface area contributed by atoms with Crippen LogP contribution in [0.15, 0.2) is 0 Å². The van der Waals surface area contributed by atoms with Gasteiger partial charge in [0.1, 0.15) is 4.88 Å². The minimum atomic E-state index is -3.52. The van der Waals surface area contributed by atoms with Gasteiger partial charge in [0.15, 0.2) is 5.13 Å². The summed E-state index contributed by atoms with van der Waals surface area (Å²) in [7, 11) is -3.52. The molecule has 0 radical (unpaired) electrons. The van der Waals surface area contributed by atoms with Gasteiger partial charge in [-0.2, -0.15) is 0 Å². The molecular formula is C14H22N4O4S2. The maximum Gasteiger partial charge on any atom is 0.265 e. The molecule has 1 amide bonds. The number of anilines is 1. The number of aryl methyl sites for hydroxylation is 1. The summed E-state index contributed by atoms with van der Waals surface area (Å²) in [4.78, 5) is 21.7. The second-order valence-corrected chi connectivity index (χ2v) is 8.91. The second-order valence-electron chi connectivity index (χ2n) is 6.09. The lowest BCUT2D eigenvalue weighted by atomic mass is 10.1. The summed E-state index contributed by atoms with van der Waals surface area (Å²) >= 11 is 1.40. The fourth-order valence-corrected chi connectivity index (χ4v) is 4.96. The second kappa shape index (κ2) is 6.95. The molecular weight excluding hydrogens is 352 g/mol. The van der Waals surface area contributed by atoms with Gasteiger partial charge in [0, 0.05) is 26.2 Å². The van der Waals surface area contributed by atoms with Crippen molar-refractivity contribution in [2.24, 2.45) is 5.14 Å². The quantitative estimate of drug-likeness (QED) is 0.809. The summed E-state index contributed by atoms with van der Waals surface area (Å²) in [6.07, 6.45) is 0.775. The van der Waals surface area contributed by atoms with Crippen molar-refractivity contribution in [3.63, 3.8) is 0 Å². The molecule has 0 aliphatic carbocycles. The third-order valence-electron chi connectivity index (χ3n) is 4.45. The Morgan fingerprint density at radius 2 is 1.88 bits per heavy atom. The number of nitrogens with zero attached hydrogens (tertiary/aromatic N) is 3. The van der Waals surface area contributed by atoms with E-state index < -0.39 is 15.3 Å². The molecule has 0 bridgehead atoms. The number of rotatable bonds is 3. The molecule has 8 nitrogen and oxygen atoms in total. The first-order valence-corrected chi connectivity index (χ1v) is 10.4. The normalized spacial score (nSPS) is 20.4. The number of thiazole rings is 1. The molecule has 2 aliphatic heterocycles. The molecule has 24 heavy (non-hydrogen) atoms. The molecule has 1 aromatic rings. The fourth-order valence-electron chi connectivity index (χ4n) is 3.00. The number of carbonyl (C=O) groups is 1. The minimum Gasteiger partial charge on any atom is -0.378 e. The Morgan fingerprint density at radius 1 is 1.25 bits per heavy atom. The monoisotopic (exact) mass is 374 g/mol. The molecule has 3 heterocycles. The van der Waals surface area contributed by atoms with Crippen LogP contribution in [0.5, 0.6) is 0 Å². The number of aromatic nitrogens is 1. The SMILES string of the molecule is Cc1nc(N2CCOCC2)sc1C(=O)N1CCC(S(N)(=O)=O)CC1. The molecule has 2 fully saturated rings. The van der Waals surface area contributed by atoms with Crippen LogP contribution in [0.4, 0.5) is 5.13 Å². The molecule has 0 atom stereocenters. The average molecular weight is 374 g/mol. The number of hydrogen-bond acceptors (Lipinski definition) is 7. The highest BCUT2D eigenvalue weighted by Gasteiger charge is 2.31. The molecule has 2 saturated heterocycles. The Labute approximate surface area is 145 Å². The maximum atomic E-state index is 12.7. The Bertz CT molecular complexity index is 704. The van der Waals surface area contributed by atoms with Gasteiger partial charge in [-0.3, -0.25) is 4.79 Å². The lowest BCUT2D eigenvalue weighted by molar-refractivity contribution is 0.0729. The predicted molar refractivity (Wildman–Crippen MR) is 91.9 cm³/mol. The van der Waals surface area contributed by atoms with Crippen LogP contribution in [-0.2, 0) is 14.8 Å². The van der Waals surface area contributed by atoms with Gasteiger partial charge in [-0.15, -0.1) is 0 Å². The standard InChI is InChI=1S/C14H22N4O4S2/c1-10-12(23-14(16-10)18-6-8-22-9-7-18)13(19)17-4-2-11(3-5-17)24(15,20)21/h11H,2-9H2,1H3,(H2,15,20,21). The lowest BCUT2D eigenvalue weighted by Gasteiger charge is -2.30. The molecule has 10 heteroatoms. The summed E-state index contributed by atoms with van der Waals surface area (Å²) in [5, 5.41) is 5.50. The number of likely N-dealkylation sites (tertiary alicyclic amines) is 1. The van der Waals surface area contributed by atoms with Gasteiger partial charge in [0.2, 0.25) is 10.0 Å². The van der Waals surface area contributed by atoms with Crippen molar-refractivity contribution < 1.29 is 17.9 Å². The first kappa shape index (κ1) is 17.6. The van der Waals surface area contributed by atoms with Crippen molar-refractivity contribution in [1.29, 1.82) is 0 Å². The van der Waals surface area contributed by atoms with Gasteiger partial charge in [0.25, 0.3) is 5.91 Å². The van der Waals surface area contributed by atoms with Crippen molar-refractivity contribution in [2.45, 2.75) is 25.0 Å². The van der Waals surface area contributed by atoms with E-state index in [1.165, 1.54) is 11.3 Å². The van der Waals surface area contributed by atoms with E-state index in [9.17, 15) is 13.2 Å². The van der Waals surface area contributed by atoms with Gasteiger partial charge in [-0.05, 0) is 19.8 Å². The van der Waals surface area contributed by atoms with E-state index in [-0.39, 0.29) is 5.91 Å². The van der Waals surface area contributed by atoms with Crippen molar-refractivity contribution in [3.8, 4) is 0 Å². The van der Waals surface area contributed by atoms with E-state index in [2.05, 4.69) is 9.88 Å². The van der Waals surface area contributed by atoms with Crippen LogP contribution < -0.4 is 10.0 Å². The molecule has 3 rings (SSSR count). The van der Waals surface area contributed by atoms with Gasteiger partial charge in [0.05, 0.1) is 24.2 Å². The molecule has 2 aliphatic rings. The summed E-state index contributed by atoms with van der Waals surface area (Å²) in [5.74, 6) is -0.0719. The van der Waals surface area contributed by atoms with E-state index >= 15 is 0 Å². The first-order chi connectivity index (χ1) is 11.4. The fraction of sp³-hybridized carbons (Fsp3) is 0.714.